The maximum atomic E-state index is 13.0. The number of amides is 3. The summed E-state index contributed by atoms with van der Waals surface area (Å²) in [5.41, 5.74) is -1.05. The van der Waals surface area contributed by atoms with Crippen molar-refractivity contribution >= 4 is 30.0 Å². The lowest BCUT2D eigenvalue weighted by Gasteiger charge is -2.37. The van der Waals surface area contributed by atoms with E-state index < -0.39 is 97.7 Å². The minimum atomic E-state index is -1.81. The van der Waals surface area contributed by atoms with E-state index in [0.29, 0.717) is 5.56 Å². The largest absolute Gasteiger partial charge is 0.514 e. The molecule has 1 heterocycles. The quantitative estimate of drug-likeness (QED) is 0.0858. The summed E-state index contributed by atoms with van der Waals surface area (Å²) in [4.78, 5) is 61.6. The fourth-order valence-corrected chi connectivity index (χ4v) is 3.77. The number of carbonyl (C=O) groups excluding carboxylic acids is 5. The van der Waals surface area contributed by atoms with Gasteiger partial charge in [0.2, 0.25) is 11.8 Å². The van der Waals surface area contributed by atoms with E-state index in [4.69, 9.17) is 23.7 Å². The first-order valence-corrected chi connectivity index (χ1v) is 14.3. The van der Waals surface area contributed by atoms with E-state index in [1.165, 1.54) is 12.1 Å². The normalized spacial score (nSPS) is 22.1. The van der Waals surface area contributed by atoms with E-state index >= 15 is 0 Å². The third-order valence-corrected chi connectivity index (χ3v) is 5.91. The Hall–Kier alpha value is -4.03. The molecule has 1 aliphatic rings. The summed E-state index contributed by atoms with van der Waals surface area (Å²) in [5.74, 6) is -2.31. The predicted octanol–water partition coefficient (Wildman–Crippen LogP) is -0.988. The highest BCUT2D eigenvalue weighted by Crippen LogP contribution is 2.20. The average molecular weight is 658 g/mol. The van der Waals surface area contributed by atoms with E-state index in [9.17, 15) is 44.4 Å². The van der Waals surface area contributed by atoms with Crippen LogP contribution < -0.4 is 20.7 Å². The highest BCUT2D eigenvalue weighted by molar-refractivity contribution is 5.90. The SMILES string of the molecule is CC(C)(C)OC(=O)NC(Cc1ccc(OC(=O)OC(C)(C)C)cc1)C(=O)NCC(=O)NCC(=O)OC[C@H]1OC(O)[C@H](O)[C@@H](O)[C@@H]1O. The Bertz CT molecular complexity index is 1210. The number of carbonyl (C=O) groups is 5. The Balaban J connectivity index is 1.91. The summed E-state index contributed by atoms with van der Waals surface area (Å²) in [6, 6.07) is 4.88. The van der Waals surface area contributed by atoms with Crippen LogP contribution in [0.4, 0.5) is 9.59 Å². The van der Waals surface area contributed by atoms with Gasteiger partial charge in [-0.05, 0) is 59.2 Å². The van der Waals surface area contributed by atoms with E-state index in [1.54, 1.807) is 53.7 Å². The minimum Gasteiger partial charge on any atom is -0.461 e. The number of hydrogen-bond acceptors (Lipinski definition) is 14. The summed E-state index contributed by atoms with van der Waals surface area (Å²) in [6.07, 6.45) is -10.1. The van der Waals surface area contributed by atoms with Crippen LogP contribution in [-0.4, -0.2) is 118 Å². The first-order valence-electron chi connectivity index (χ1n) is 14.3. The number of hydrogen-bond donors (Lipinski definition) is 7. The topological polar surface area (TPSA) is 249 Å². The summed E-state index contributed by atoms with van der Waals surface area (Å²) >= 11 is 0. The maximum absolute atomic E-state index is 13.0. The van der Waals surface area contributed by atoms with Crippen LogP contribution in [0, 0.1) is 0 Å². The molecule has 0 aromatic heterocycles. The van der Waals surface area contributed by atoms with Crippen molar-refractivity contribution < 1.29 is 68.1 Å². The highest BCUT2D eigenvalue weighted by Gasteiger charge is 2.43. The lowest BCUT2D eigenvalue weighted by Crippen LogP contribution is -2.58. The van der Waals surface area contributed by atoms with Crippen molar-refractivity contribution in [3.63, 3.8) is 0 Å². The molecule has 0 spiro atoms. The number of alkyl carbamates (subject to hydrolysis) is 1. The highest BCUT2D eigenvalue weighted by atomic mass is 16.7. The number of benzene rings is 1. The van der Waals surface area contributed by atoms with Crippen LogP contribution in [0.3, 0.4) is 0 Å². The molecule has 0 bridgehead atoms. The van der Waals surface area contributed by atoms with Crippen LogP contribution >= 0.6 is 0 Å². The number of aliphatic hydroxyl groups excluding tert-OH is 4. The van der Waals surface area contributed by atoms with Crippen LogP contribution in [0.15, 0.2) is 24.3 Å². The number of esters is 1. The zero-order valence-corrected chi connectivity index (χ0v) is 26.5. The van der Waals surface area contributed by atoms with Crippen LogP contribution in [0.2, 0.25) is 0 Å². The smallest absolute Gasteiger partial charge is 0.461 e. The molecule has 17 heteroatoms. The van der Waals surface area contributed by atoms with Gasteiger partial charge >= 0.3 is 18.2 Å². The number of rotatable bonds is 11. The zero-order valence-electron chi connectivity index (χ0n) is 26.5. The van der Waals surface area contributed by atoms with Crippen molar-refractivity contribution in [1.29, 1.82) is 0 Å². The second-order valence-corrected chi connectivity index (χ2v) is 12.3. The molecule has 1 aliphatic heterocycles. The molecule has 0 radical (unpaired) electrons. The lowest BCUT2D eigenvalue weighted by atomic mass is 9.99. The molecular weight excluding hydrogens is 614 g/mol. The molecule has 2 rings (SSSR count). The van der Waals surface area contributed by atoms with Gasteiger partial charge in [0, 0.05) is 6.42 Å². The van der Waals surface area contributed by atoms with Crippen LogP contribution in [0.25, 0.3) is 0 Å². The first kappa shape index (κ1) is 38.2. The van der Waals surface area contributed by atoms with Gasteiger partial charge in [-0.3, -0.25) is 14.4 Å². The molecule has 7 N–H and O–H groups in total. The number of ether oxygens (including phenoxy) is 5. The van der Waals surface area contributed by atoms with Gasteiger partial charge < -0.3 is 60.1 Å². The Morgan fingerprint density at radius 2 is 1.43 bits per heavy atom. The lowest BCUT2D eigenvalue weighted by molar-refractivity contribution is -0.287. The van der Waals surface area contributed by atoms with Gasteiger partial charge in [-0.25, -0.2) is 9.59 Å². The van der Waals surface area contributed by atoms with Crippen molar-refractivity contribution in [2.24, 2.45) is 0 Å². The van der Waals surface area contributed by atoms with Crippen LogP contribution in [0.5, 0.6) is 5.75 Å². The molecule has 1 saturated heterocycles. The summed E-state index contributed by atoms with van der Waals surface area (Å²) in [5, 5.41) is 45.7. The molecule has 46 heavy (non-hydrogen) atoms. The van der Waals surface area contributed by atoms with Crippen molar-refractivity contribution in [2.45, 2.75) is 95.9 Å². The van der Waals surface area contributed by atoms with E-state index in [2.05, 4.69) is 16.0 Å². The molecule has 258 valence electrons. The third kappa shape index (κ3) is 13.5. The monoisotopic (exact) mass is 657 g/mol. The Labute approximate surface area is 265 Å². The van der Waals surface area contributed by atoms with E-state index in [-0.39, 0.29) is 12.2 Å². The molecular formula is C29H43N3O14. The standard InChI is InChI=1S/C29H43N3O14/c1-28(2,3)45-26(40)32-17(11-15-7-9-16(10-8-15)43-27(41)46-29(4,5)6)24(38)31-12-19(33)30-13-20(34)42-14-18-21(35)22(36)23(37)25(39)44-18/h7-10,17-18,21-23,25,35-37,39H,11-14H2,1-6H3,(H,30,33)(H,31,38)(H,32,40)/t17?,18-,21-,22+,23-,25?/m1/s1. The molecule has 3 amide bonds. The molecule has 1 aromatic carbocycles. The molecule has 0 aliphatic carbocycles. The van der Waals surface area contributed by atoms with Gasteiger partial charge in [-0.1, -0.05) is 12.1 Å². The molecule has 0 saturated carbocycles. The fourth-order valence-electron chi connectivity index (χ4n) is 3.77. The number of aliphatic hydroxyl groups is 4. The maximum Gasteiger partial charge on any atom is 0.514 e. The minimum absolute atomic E-state index is 0.0404. The predicted molar refractivity (Wildman–Crippen MR) is 156 cm³/mol. The van der Waals surface area contributed by atoms with Gasteiger partial charge in [-0.15, -0.1) is 0 Å². The van der Waals surface area contributed by atoms with E-state index in [1.807, 2.05) is 0 Å². The van der Waals surface area contributed by atoms with Crippen molar-refractivity contribution in [2.75, 3.05) is 19.7 Å². The van der Waals surface area contributed by atoms with Crippen molar-refractivity contribution in [3.8, 4) is 5.75 Å². The molecule has 6 atom stereocenters. The number of nitrogens with one attached hydrogen (secondary N) is 3. The average Bonchev–Trinajstić information content (AvgIpc) is 2.93. The van der Waals surface area contributed by atoms with Gasteiger partial charge in [-0.2, -0.15) is 0 Å². The second-order valence-electron chi connectivity index (χ2n) is 12.3. The van der Waals surface area contributed by atoms with Crippen molar-refractivity contribution in [1.82, 2.24) is 16.0 Å². The summed E-state index contributed by atoms with van der Waals surface area (Å²) in [6.45, 7) is 8.17. The van der Waals surface area contributed by atoms with Gasteiger partial charge in [0.1, 0.15) is 60.6 Å². The summed E-state index contributed by atoms with van der Waals surface area (Å²) < 4.78 is 25.3. The first-order chi connectivity index (χ1) is 21.2. The molecule has 1 fully saturated rings. The molecule has 1 aromatic rings. The Kier molecular flexibility index (Phi) is 13.7. The van der Waals surface area contributed by atoms with Gasteiger partial charge in [0.05, 0.1) is 6.54 Å². The fraction of sp³-hybridized carbons (Fsp3) is 0.621. The van der Waals surface area contributed by atoms with Gasteiger partial charge in [0.15, 0.2) is 6.29 Å². The van der Waals surface area contributed by atoms with Gasteiger partial charge in [0.25, 0.3) is 0 Å². The second kappa shape index (κ2) is 16.5. The third-order valence-electron chi connectivity index (χ3n) is 5.91. The summed E-state index contributed by atoms with van der Waals surface area (Å²) in [7, 11) is 0. The van der Waals surface area contributed by atoms with Crippen molar-refractivity contribution in [3.05, 3.63) is 29.8 Å². The molecule has 2 unspecified atom stereocenters. The van der Waals surface area contributed by atoms with Crippen LogP contribution in [-0.2, 0) is 39.8 Å². The Morgan fingerprint density at radius 1 is 0.826 bits per heavy atom. The zero-order chi connectivity index (χ0) is 34.8. The van der Waals surface area contributed by atoms with E-state index in [0.717, 1.165) is 0 Å². The van der Waals surface area contributed by atoms with Crippen LogP contribution in [0.1, 0.15) is 47.1 Å². The Morgan fingerprint density at radius 3 is 2.02 bits per heavy atom. The molecule has 17 nitrogen and oxygen atoms in total.